The van der Waals surface area contributed by atoms with Crippen LogP contribution >= 0.6 is 0 Å². The SMILES string of the molecule is COc1ccc(C(=O)C(N)Cc2ccccc2)c(OC)c1. The Morgan fingerprint density at radius 3 is 2.43 bits per heavy atom. The number of ketones is 1. The highest BCUT2D eigenvalue weighted by atomic mass is 16.5. The van der Waals surface area contributed by atoms with Crippen molar-refractivity contribution < 1.29 is 14.3 Å². The molecular formula is C17H19NO3. The van der Waals surface area contributed by atoms with Crippen LogP contribution in [0.2, 0.25) is 0 Å². The predicted molar refractivity (Wildman–Crippen MR) is 82.0 cm³/mol. The summed E-state index contributed by atoms with van der Waals surface area (Å²) in [5.74, 6) is 0.973. The van der Waals surface area contributed by atoms with E-state index < -0.39 is 6.04 Å². The van der Waals surface area contributed by atoms with Crippen molar-refractivity contribution in [3.8, 4) is 11.5 Å². The molecule has 0 aliphatic rings. The van der Waals surface area contributed by atoms with Crippen molar-refractivity contribution in [3.05, 3.63) is 59.7 Å². The number of carbonyl (C=O) groups excluding carboxylic acids is 1. The van der Waals surface area contributed by atoms with E-state index in [1.165, 1.54) is 7.11 Å². The summed E-state index contributed by atoms with van der Waals surface area (Å²) in [6.45, 7) is 0. The number of Topliss-reactive ketones (excluding diaryl/α,β-unsaturated/α-hetero) is 1. The summed E-state index contributed by atoms with van der Waals surface area (Å²) in [7, 11) is 3.09. The van der Waals surface area contributed by atoms with Crippen LogP contribution < -0.4 is 15.2 Å². The zero-order valence-electron chi connectivity index (χ0n) is 12.2. The van der Waals surface area contributed by atoms with Gasteiger partial charge in [0.1, 0.15) is 11.5 Å². The second-order valence-corrected chi connectivity index (χ2v) is 4.73. The standard InChI is InChI=1S/C17H19NO3/c1-20-13-8-9-14(16(11-13)21-2)17(19)15(18)10-12-6-4-3-5-7-12/h3-9,11,15H,10,18H2,1-2H3. The van der Waals surface area contributed by atoms with E-state index in [2.05, 4.69) is 0 Å². The number of methoxy groups -OCH3 is 2. The van der Waals surface area contributed by atoms with Crippen molar-refractivity contribution in [2.24, 2.45) is 5.73 Å². The molecule has 4 nitrogen and oxygen atoms in total. The van der Waals surface area contributed by atoms with E-state index in [0.29, 0.717) is 23.5 Å². The Bertz CT molecular complexity index is 611. The third-order valence-corrected chi connectivity index (χ3v) is 3.31. The van der Waals surface area contributed by atoms with Crippen LogP contribution in [0.3, 0.4) is 0 Å². The molecule has 21 heavy (non-hydrogen) atoms. The minimum atomic E-state index is -0.602. The number of ether oxygens (including phenoxy) is 2. The third-order valence-electron chi connectivity index (χ3n) is 3.31. The molecule has 0 radical (unpaired) electrons. The molecule has 1 atom stereocenters. The van der Waals surface area contributed by atoms with E-state index in [0.717, 1.165) is 5.56 Å². The van der Waals surface area contributed by atoms with Crippen LogP contribution in [-0.2, 0) is 6.42 Å². The number of rotatable bonds is 6. The smallest absolute Gasteiger partial charge is 0.183 e. The molecule has 2 aromatic rings. The second-order valence-electron chi connectivity index (χ2n) is 4.73. The molecule has 2 aromatic carbocycles. The lowest BCUT2D eigenvalue weighted by Gasteiger charge is -2.14. The van der Waals surface area contributed by atoms with Gasteiger partial charge in [-0.1, -0.05) is 30.3 Å². The van der Waals surface area contributed by atoms with Gasteiger partial charge in [-0.15, -0.1) is 0 Å². The lowest BCUT2D eigenvalue weighted by atomic mass is 9.97. The van der Waals surface area contributed by atoms with Crippen molar-refractivity contribution in [3.63, 3.8) is 0 Å². The Labute approximate surface area is 124 Å². The van der Waals surface area contributed by atoms with E-state index in [4.69, 9.17) is 15.2 Å². The summed E-state index contributed by atoms with van der Waals surface area (Å²) < 4.78 is 10.4. The number of carbonyl (C=O) groups is 1. The minimum Gasteiger partial charge on any atom is -0.497 e. The van der Waals surface area contributed by atoms with Crippen molar-refractivity contribution in [2.75, 3.05) is 14.2 Å². The molecule has 110 valence electrons. The first-order chi connectivity index (χ1) is 10.2. The van der Waals surface area contributed by atoms with Crippen LogP contribution in [0.5, 0.6) is 11.5 Å². The highest BCUT2D eigenvalue weighted by Gasteiger charge is 2.20. The summed E-state index contributed by atoms with van der Waals surface area (Å²) in [6.07, 6.45) is 0.495. The van der Waals surface area contributed by atoms with Gasteiger partial charge in [0.25, 0.3) is 0 Å². The Kier molecular flexibility index (Phi) is 4.95. The lowest BCUT2D eigenvalue weighted by molar-refractivity contribution is 0.0958. The molecule has 0 saturated carbocycles. The predicted octanol–water partition coefficient (Wildman–Crippen LogP) is 2.46. The van der Waals surface area contributed by atoms with Gasteiger partial charge in [-0.05, 0) is 24.1 Å². The molecule has 0 heterocycles. The summed E-state index contributed by atoms with van der Waals surface area (Å²) in [5.41, 5.74) is 7.55. The molecule has 0 fully saturated rings. The maximum atomic E-state index is 12.5. The Balaban J connectivity index is 2.19. The van der Waals surface area contributed by atoms with Crippen molar-refractivity contribution in [2.45, 2.75) is 12.5 Å². The first-order valence-electron chi connectivity index (χ1n) is 6.71. The van der Waals surface area contributed by atoms with Gasteiger partial charge in [0.15, 0.2) is 5.78 Å². The Hall–Kier alpha value is -2.33. The van der Waals surface area contributed by atoms with E-state index in [1.807, 2.05) is 30.3 Å². The first kappa shape index (κ1) is 15.1. The molecule has 2 N–H and O–H groups in total. The fraction of sp³-hybridized carbons (Fsp3) is 0.235. The topological polar surface area (TPSA) is 61.5 Å². The summed E-state index contributed by atoms with van der Waals surface area (Å²) in [6, 6.07) is 14.2. The summed E-state index contributed by atoms with van der Waals surface area (Å²) >= 11 is 0. The van der Waals surface area contributed by atoms with Gasteiger partial charge in [-0.25, -0.2) is 0 Å². The van der Waals surface area contributed by atoms with Crippen LogP contribution in [-0.4, -0.2) is 26.0 Å². The molecule has 0 aliphatic carbocycles. The van der Waals surface area contributed by atoms with Crippen LogP contribution in [0.4, 0.5) is 0 Å². The van der Waals surface area contributed by atoms with E-state index in [1.54, 1.807) is 25.3 Å². The van der Waals surface area contributed by atoms with E-state index in [-0.39, 0.29) is 5.78 Å². The molecule has 0 aromatic heterocycles. The van der Waals surface area contributed by atoms with Gasteiger partial charge in [0.05, 0.1) is 25.8 Å². The normalized spacial score (nSPS) is 11.8. The molecule has 2 rings (SSSR count). The molecule has 0 spiro atoms. The number of hydrogen-bond acceptors (Lipinski definition) is 4. The fourth-order valence-electron chi connectivity index (χ4n) is 2.16. The fourth-order valence-corrected chi connectivity index (χ4v) is 2.16. The summed E-state index contributed by atoms with van der Waals surface area (Å²) in [5, 5.41) is 0. The number of nitrogens with two attached hydrogens (primary N) is 1. The molecule has 1 unspecified atom stereocenters. The lowest BCUT2D eigenvalue weighted by Crippen LogP contribution is -2.33. The Morgan fingerprint density at radius 1 is 1.10 bits per heavy atom. The van der Waals surface area contributed by atoms with Gasteiger partial charge in [-0.3, -0.25) is 4.79 Å². The zero-order chi connectivity index (χ0) is 15.2. The molecular weight excluding hydrogens is 266 g/mol. The molecule has 0 bridgehead atoms. The second kappa shape index (κ2) is 6.90. The van der Waals surface area contributed by atoms with Gasteiger partial charge in [0, 0.05) is 6.07 Å². The van der Waals surface area contributed by atoms with E-state index in [9.17, 15) is 4.79 Å². The number of hydrogen-bond donors (Lipinski definition) is 1. The van der Waals surface area contributed by atoms with Gasteiger partial charge < -0.3 is 15.2 Å². The average molecular weight is 285 g/mol. The van der Waals surface area contributed by atoms with Crippen LogP contribution in [0.1, 0.15) is 15.9 Å². The van der Waals surface area contributed by atoms with Crippen molar-refractivity contribution >= 4 is 5.78 Å². The quantitative estimate of drug-likeness (QED) is 0.828. The van der Waals surface area contributed by atoms with Crippen molar-refractivity contribution in [1.29, 1.82) is 0 Å². The maximum absolute atomic E-state index is 12.5. The highest BCUT2D eigenvalue weighted by Crippen LogP contribution is 2.25. The van der Waals surface area contributed by atoms with Crippen molar-refractivity contribution in [1.82, 2.24) is 0 Å². The maximum Gasteiger partial charge on any atom is 0.183 e. The molecule has 0 amide bonds. The zero-order valence-corrected chi connectivity index (χ0v) is 12.2. The monoisotopic (exact) mass is 285 g/mol. The summed E-state index contributed by atoms with van der Waals surface area (Å²) in [4.78, 5) is 12.5. The van der Waals surface area contributed by atoms with Gasteiger partial charge in [-0.2, -0.15) is 0 Å². The number of benzene rings is 2. The van der Waals surface area contributed by atoms with Crippen LogP contribution in [0.25, 0.3) is 0 Å². The third kappa shape index (κ3) is 3.61. The average Bonchev–Trinajstić information content (AvgIpc) is 2.54. The van der Waals surface area contributed by atoms with Gasteiger partial charge >= 0.3 is 0 Å². The molecule has 0 saturated heterocycles. The molecule has 4 heteroatoms. The van der Waals surface area contributed by atoms with E-state index >= 15 is 0 Å². The largest absolute Gasteiger partial charge is 0.497 e. The first-order valence-corrected chi connectivity index (χ1v) is 6.71. The minimum absolute atomic E-state index is 0.140. The highest BCUT2D eigenvalue weighted by molar-refractivity contribution is 6.02. The molecule has 0 aliphatic heterocycles. The van der Waals surface area contributed by atoms with Gasteiger partial charge in [0.2, 0.25) is 0 Å². The van der Waals surface area contributed by atoms with Crippen LogP contribution in [0, 0.1) is 0 Å². The van der Waals surface area contributed by atoms with Crippen LogP contribution in [0.15, 0.2) is 48.5 Å². The Morgan fingerprint density at radius 2 is 1.81 bits per heavy atom.